The summed E-state index contributed by atoms with van der Waals surface area (Å²) in [6.45, 7) is 0. The van der Waals surface area contributed by atoms with Crippen LogP contribution in [0.25, 0.3) is 11.1 Å². The fourth-order valence-electron chi connectivity index (χ4n) is 7.28. The van der Waals surface area contributed by atoms with Crippen LogP contribution >= 0.6 is 11.8 Å². The predicted molar refractivity (Wildman–Crippen MR) is 189 cm³/mol. The molecule has 46 heavy (non-hydrogen) atoms. The summed E-state index contributed by atoms with van der Waals surface area (Å²) in [6.07, 6.45) is 0. The van der Waals surface area contributed by atoms with E-state index >= 15 is 0 Å². The molecule has 218 valence electrons. The molecule has 1 heterocycles. The Bertz CT molecular complexity index is 2120. The zero-order valence-corrected chi connectivity index (χ0v) is 25.8. The van der Waals surface area contributed by atoms with Gasteiger partial charge in [-0.05, 0) is 82.4 Å². The van der Waals surface area contributed by atoms with Gasteiger partial charge in [-0.1, -0.05) is 133 Å². The van der Waals surface area contributed by atoms with Crippen molar-refractivity contribution in [1.82, 2.24) is 0 Å². The first-order valence-corrected chi connectivity index (χ1v) is 16.4. The lowest BCUT2D eigenvalue weighted by atomic mass is 9.67. The third-order valence-corrected chi connectivity index (χ3v) is 10.4. The van der Waals surface area contributed by atoms with E-state index in [9.17, 15) is 0 Å². The van der Waals surface area contributed by atoms with Crippen molar-refractivity contribution < 1.29 is 4.74 Å². The van der Waals surface area contributed by atoms with E-state index in [0.29, 0.717) is 0 Å². The summed E-state index contributed by atoms with van der Waals surface area (Å²) < 4.78 is 6.55. The number of ether oxygens (including phenoxy) is 1. The fourth-order valence-corrected chi connectivity index (χ4v) is 8.39. The summed E-state index contributed by atoms with van der Waals surface area (Å²) >= 11 is 1.81. The van der Waals surface area contributed by atoms with Crippen LogP contribution < -0.4 is 9.64 Å². The Morgan fingerprint density at radius 2 is 1.02 bits per heavy atom. The summed E-state index contributed by atoms with van der Waals surface area (Å²) in [7, 11) is 0. The molecule has 0 bridgehead atoms. The van der Waals surface area contributed by atoms with Crippen LogP contribution in [0.2, 0.25) is 0 Å². The number of para-hydroxylation sites is 3. The van der Waals surface area contributed by atoms with Crippen molar-refractivity contribution in [3.8, 4) is 22.6 Å². The highest BCUT2D eigenvalue weighted by Gasteiger charge is 2.48. The minimum absolute atomic E-state index is 0.533. The Kier molecular flexibility index (Phi) is 6.32. The maximum atomic E-state index is 6.55. The van der Waals surface area contributed by atoms with Crippen molar-refractivity contribution in [2.45, 2.75) is 15.2 Å². The van der Waals surface area contributed by atoms with Gasteiger partial charge < -0.3 is 9.64 Å². The molecule has 0 saturated carbocycles. The lowest BCUT2D eigenvalue weighted by molar-refractivity contribution is 0.454. The summed E-state index contributed by atoms with van der Waals surface area (Å²) in [4.78, 5) is 4.66. The molecule has 3 heteroatoms. The molecule has 1 aliphatic carbocycles. The molecular formula is C43H29NOS. The first-order chi connectivity index (χ1) is 22.8. The van der Waals surface area contributed by atoms with E-state index in [1.807, 2.05) is 17.8 Å². The second-order valence-corrected chi connectivity index (χ2v) is 12.7. The molecule has 0 spiro atoms. The van der Waals surface area contributed by atoms with Crippen LogP contribution in [-0.2, 0) is 5.41 Å². The zero-order valence-electron chi connectivity index (χ0n) is 25.0. The van der Waals surface area contributed by atoms with Gasteiger partial charge in [-0.3, -0.25) is 0 Å². The van der Waals surface area contributed by atoms with Gasteiger partial charge in [0.2, 0.25) is 0 Å². The molecule has 0 unspecified atom stereocenters. The average molecular weight is 608 g/mol. The molecule has 0 fully saturated rings. The Labute approximate surface area is 273 Å². The molecule has 2 nitrogen and oxygen atoms in total. The van der Waals surface area contributed by atoms with Crippen molar-refractivity contribution in [1.29, 1.82) is 0 Å². The molecule has 2 aliphatic rings. The predicted octanol–water partition coefficient (Wildman–Crippen LogP) is 11.8. The van der Waals surface area contributed by atoms with Crippen LogP contribution in [0.15, 0.2) is 186 Å². The molecule has 1 aliphatic heterocycles. The van der Waals surface area contributed by atoms with E-state index in [0.717, 1.165) is 33.5 Å². The van der Waals surface area contributed by atoms with E-state index in [4.69, 9.17) is 4.74 Å². The Hall–Kier alpha value is -5.51. The minimum Gasteiger partial charge on any atom is -0.455 e. The molecule has 9 rings (SSSR count). The summed E-state index contributed by atoms with van der Waals surface area (Å²) in [6, 6.07) is 63.1. The smallest absolute Gasteiger partial charge is 0.142 e. The van der Waals surface area contributed by atoms with Gasteiger partial charge in [-0.25, -0.2) is 0 Å². The van der Waals surface area contributed by atoms with Crippen LogP contribution in [0.4, 0.5) is 17.1 Å². The number of benzene rings is 7. The highest BCUT2D eigenvalue weighted by Crippen LogP contribution is 2.62. The van der Waals surface area contributed by atoms with Crippen LogP contribution in [-0.4, -0.2) is 0 Å². The van der Waals surface area contributed by atoms with Crippen molar-refractivity contribution in [3.63, 3.8) is 0 Å². The van der Waals surface area contributed by atoms with E-state index < -0.39 is 5.41 Å². The minimum atomic E-state index is -0.533. The molecule has 0 N–H and O–H groups in total. The molecule has 0 aromatic heterocycles. The quantitative estimate of drug-likeness (QED) is 0.193. The van der Waals surface area contributed by atoms with Gasteiger partial charge in [-0.2, -0.15) is 0 Å². The van der Waals surface area contributed by atoms with Crippen LogP contribution in [0.3, 0.4) is 0 Å². The van der Waals surface area contributed by atoms with E-state index in [2.05, 4.69) is 175 Å². The molecule has 0 radical (unpaired) electrons. The fraction of sp³-hybridized carbons (Fsp3) is 0.0233. The molecule has 0 saturated heterocycles. The van der Waals surface area contributed by atoms with Crippen molar-refractivity contribution in [2.24, 2.45) is 0 Å². The highest BCUT2D eigenvalue weighted by atomic mass is 32.2. The Morgan fingerprint density at radius 3 is 1.65 bits per heavy atom. The number of anilines is 3. The molecule has 0 amide bonds. The van der Waals surface area contributed by atoms with E-state index in [-0.39, 0.29) is 0 Å². The van der Waals surface area contributed by atoms with Crippen molar-refractivity contribution >= 4 is 28.8 Å². The van der Waals surface area contributed by atoms with Crippen LogP contribution in [0.5, 0.6) is 11.5 Å². The molecule has 0 atom stereocenters. The number of hydrogen-bond donors (Lipinski definition) is 0. The summed E-state index contributed by atoms with van der Waals surface area (Å²) in [5, 5.41) is 0. The normalized spacial score (nSPS) is 13.5. The number of hydrogen-bond acceptors (Lipinski definition) is 3. The lowest BCUT2D eigenvalue weighted by Crippen LogP contribution is -2.28. The first kappa shape index (κ1) is 26.9. The maximum absolute atomic E-state index is 6.55. The number of fused-ring (bicyclic) bond motifs is 6. The largest absolute Gasteiger partial charge is 0.455 e. The highest BCUT2D eigenvalue weighted by molar-refractivity contribution is 7.99. The van der Waals surface area contributed by atoms with Crippen LogP contribution in [0, 0.1) is 0 Å². The standard InChI is InChI=1S/C43H29NOS/c1-5-15-30(16-6-1)43(31-17-7-2-8-18-31)36-27-28-39-42(46-40-24-14-13-23-38(40)45-39)41(36)35-26-25-34(29-37(35)43)44(32-19-9-3-10-20-32)33-21-11-4-12-22-33/h1-29H. The van der Waals surface area contributed by atoms with Crippen molar-refractivity contribution in [3.05, 3.63) is 198 Å². The Balaban J connectivity index is 1.36. The Morgan fingerprint density at radius 1 is 0.457 bits per heavy atom. The first-order valence-electron chi connectivity index (χ1n) is 15.6. The lowest BCUT2D eigenvalue weighted by Gasteiger charge is -2.35. The van der Waals surface area contributed by atoms with E-state index in [1.54, 1.807) is 0 Å². The number of rotatable bonds is 5. The second-order valence-electron chi connectivity index (χ2n) is 11.7. The monoisotopic (exact) mass is 607 g/mol. The average Bonchev–Trinajstić information content (AvgIpc) is 3.43. The van der Waals surface area contributed by atoms with Gasteiger partial charge in [0, 0.05) is 22.6 Å². The third kappa shape index (κ3) is 4.06. The topological polar surface area (TPSA) is 12.5 Å². The maximum Gasteiger partial charge on any atom is 0.142 e. The summed E-state index contributed by atoms with van der Waals surface area (Å²) in [5.41, 5.74) is 10.3. The molecule has 7 aromatic carbocycles. The van der Waals surface area contributed by atoms with Gasteiger partial charge in [0.1, 0.15) is 11.5 Å². The van der Waals surface area contributed by atoms with Crippen molar-refractivity contribution in [2.75, 3.05) is 4.90 Å². The van der Waals surface area contributed by atoms with E-state index in [1.165, 1.54) is 38.3 Å². The van der Waals surface area contributed by atoms with Gasteiger partial charge >= 0.3 is 0 Å². The summed E-state index contributed by atoms with van der Waals surface area (Å²) in [5.74, 6) is 1.82. The molecule has 7 aromatic rings. The van der Waals surface area contributed by atoms with Gasteiger partial charge in [-0.15, -0.1) is 0 Å². The zero-order chi connectivity index (χ0) is 30.5. The SMILES string of the molecule is c1ccc(N(c2ccccc2)c2ccc3c(c2)C(c2ccccc2)(c2ccccc2)c2ccc4c(c2-3)Sc2ccccc2O4)cc1. The molecular weight excluding hydrogens is 579 g/mol. The second kappa shape index (κ2) is 10.8. The number of nitrogens with zero attached hydrogens (tertiary/aromatic N) is 1. The van der Waals surface area contributed by atoms with Gasteiger partial charge in [0.15, 0.2) is 0 Å². The van der Waals surface area contributed by atoms with Crippen LogP contribution in [0.1, 0.15) is 22.3 Å². The van der Waals surface area contributed by atoms with Gasteiger partial charge in [0.25, 0.3) is 0 Å². The third-order valence-electron chi connectivity index (χ3n) is 9.18. The van der Waals surface area contributed by atoms with Gasteiger partial charge in [0.05, 0.1) is 15.2 Å².